The maximum Gasteiger partial charge on any atom is 0.419 e. The highest BCUT2D eigenvalue weighted by Gasteiger charge is 2.38. The molecular formula is C26H31N3O5S. The summed E-state index contributed by atoms with van der Waals surface area (Å²) in [6.07, 6.45) is 5.64. The largest absolute Gasteiger partial charge is 0.419 e. The van der Waals surface area contributed by atoms with Crippen LogP contribution >= 0.6 is 0 Å². The van der Waals surface area contributed by atoms with Gasteiger partial charge >= 0.3 is 5.76 Å². The van der Waals surface area contributed by atoms with Gasteiger partial charge < -0.3 is 9.73 Å². The number of amides is 1. The maximum absolute atomic E-state index is 13.4. The van der Waals surface area contributed by atoms with Crippen LogP contribution < -0.4 is 11.1 Å². The highest BCUT2D eigenvalue weighted by molar-refractivity contribution is 7.89. The number of rotatable bonds is 6. The first-order valence-corrected chi connectivity index (χ1v) is 13.7. The Bertz CT molecular complexity index is 1390. The van der Waals surface area contributed by atoms with Crippen molar-refractivity contribution in [1.82, 2.24) is 14.2 Å². The third kappa shape index (κ3) is 4.43. The number of hydrogen-bond acceptors (Lipinski definition) is 5. The molecule has 0 bridgehead atoms. The van der Waals surface area contributed by atoms with Gasteiger partial charge in [-0.3, -0.25) is 9.36 Å². The van der Waals surface area contributed by atoms with Gasteiger partial charge in [-0.1, -0.05) is 43.2 Å². The topological polar surface area (TPSA) is 102 Å². The quantitative estimate of drug-likeness (QED) is 0.564. The molecule has 1 atom stereocenters. The predicted octanol–water partition coefficient (Wildman–Crippen LogP) is 3.16. The number of hydrogen-bond donors (Lipinski definition) is 1. The SMILES string of the molecule is Cn1c(=O)oc2cc(S(=O)(=O)N3CCC[C@H](C(=O)NCC4(c5ccccc5)CCCC4)C3)ccc21. The molecule has 0 unspecified atom stereocenters. The molecule has 3 aromatic rings. The molecule has 1 saturated carbocycles. The van der Waals surface area contributed by atoms with Crippen LogP contribution in [0.3, 0.4) is 0 Å². The molecule has 2 heterocycles. The van der Waals surface area contributed by atoms with Crippen LogP contribution in [0.2, 0.25) is 0 Å². The Labute approximate surface area is 205 Å². The van der Waals surface area contributed by atoms with E-state index in [0.29, 0.717) is 31.4 Å². The first-order valence-electron chi connectivity index (χ1n) is 12.2. The summed E-state index contributed by atoms with van der Waals surface area (Å²) >= 11 is 0. The molecular weight excluding hydrogens is 466 g/mol. The van der Waals surface area contributed by atoms with Crippen LogP contribution in [-0.2, 0) is 27.3 Å². The summed E-state index contributed by atoms with van der Waals surface area (Å²) in [5.41, 5.74) is 1.97. The highest BCUT2D eigenvalue weighted by atomic mass is 32.2. The van der Waals surface area contributed by atoms with E-state index in [9.17, 15) is 18.0 Å². The van der Waals surface area contributed by atoms with Gasteiger partial charge in [0.1, 0.15) is 0 Å². The molecule has 1 aliphatic heterocycles. The van der Waals surface area contributed by atoms with E-state index in [1.54, 1.807) is 13.1 Å². The second-order valence-corrected chi connectivity index (χ2v) is 11.8. The molecule has 9 heteroatoms. The lowest BCUT2D eigenvalue weighted by molar-refractivity contribution is -0.126. The molecule has 2 aromatic carbocycles. The summed E-state index contributed by atoms with van der Waals surface area (Å²) in [6, 6.07) is 14.8. The van der Waals surface area contributed by atoms with Crippen LogP contribution in [0.25, 0.3) is 11.1 Å². The Hall–Kier alpha value is -2.91. The second kappa shape index (κ2) is 9.28. The fourth-order valence-electron chi connectivity index (χ4n) is 5.61. The Morgan fingerprint density at radius 3 is 2.60 bits per heavy atom. The molecule has 2 aliphatic rings. The molecule has 1 aliphatic carbocycles. The van der Waals surface area contributed by atoms with E-state index in [-0.39, 0.29) is 28.3 Å². The number of nitrogens with zero attached hydrogens (tertiary/aromatic N) is 2. The second-order valence-electron chi connectivity index (χ2n) is 9.83. The van der Waals surface area contributed by atoms with E-state index in [1.807, 2.05) is 18.2 Å². The smallest absolute Gasteiger partial charge is 0.408 e. The number of benzene rings is 2. The Balaban J connectivity index is 1.29. The van der Waals surface area contributed by atoms with Crippen molar-refractivity contribution in [3.63, 3.8) is 0 Å². The molecule has 1 amide bonds. The highest BCUT2D eigenvalue weighted by Crippen LogP contribution is 2.40. The molecule has 1 N–H and O–H groups in total. The van der Waals surface area contributed by atoms with Crippen molar-refractivity contribution in [2.75, 3.05) is 19.6 Å². The van der Waals surface area contributed by atoms with Crippen molar-refractivity contribution < 1.29 is 17.6 Å². The number of fused-ring (bicyclic) bond motifs is 1. The van der Waals surface area contributed by atoms with Gasteiger partial charge in [0, 0.05) is 38.2 Å². The summed E-state index contributed by atoms with van der Waals surface area (Å²) in [5, 5.41) is 3.17. The van der Waals surface area contributed by atoms with Gasteiger partial charge in [0.05, 0.1) is 16.3 Å². The third-order valence-electron chi connectivity index (χ3n) is 7.70. The molecule has 0 radical (unpaired) electrons. The zero-order valence-electron chi connectivity index (χ0n) is 19.9. The predicted molar refractivity (Wildman–Crippen MR) is 133 cm³/mol. The average Bonchev–Trinajstić information content (AvgIpc) is 3.48. The fourth-order valence-corrected chi connectivity index (χ4v) is 7.15. The molecule has 5 rings (SSSR count). The number of nitrogens with one attached hydrogen (secondary N) is 1. The van der Waals surface area contributed by atoms with E-state index < -0.39 is 21.7 Å². The summed E-state index contributed by atoms with van der Waals surface area (Å²) in [4.78, 5) is 25.0. The van der Waals surface area contributed by atoms with Crippen LogP contribution in [0.4, 0.5) is 0 Å². The minimum absolute atomic E-state index is 0.0492. The maximum atomic E-state index is 13.4. The number of sulfonamides is 1. The van der Waals surface area contributed by atoms with Gasteiger partial charge in [-0.05, 0) is 43.4 Å². The lowest BCUT2D eigenvalue weighted by Crippen LogP contribution is -2.47. The lowest BCUT2D eigenvalue weighted by Gasteiger charge is -2.33. The van der Waals surface area contributed by atoms with Crippen LogP contribution in [0.1, 0.15) is 44.1 Å². The average molecular weight is 498 g/mol. The van der Waals surface area contributed by atoms with Crippen molar-refractivity contribution in [1.29, 1.82) is 0 Å². The zero-order chi connectivity index (χ0) is 24.6. The van der Waals surface area contributed by atoms with Crippen LogP contribution in [0.5, 0.6) is 0 Å². The van der Waals surface area contributed by atoms with E-state index in [2.05, 4.69) is 17.4 Å². The summed E-state index contributed by atoms with van der Waals surface area (Å²) in [6.45, 7) is 1.07. The molecule has 35 heavy (non-hydrogen) atoms. The number of oxazole rings is 1. The Morgan fingerprint density at radius 1 is 1.11 bits per heavy atom. The Kier molecular flexibility index (Phi) is 6.31. The van der Waals surface area contributed by atoms with Crippen molar-refractivity contribution >= 4 is 27.0 Å². The normalized spacial score (nSPS) is 20.8. The fraction of sp³-hybridized carbons (Fsp3) is 0.462. The van der Waals surface area contributed by atoms with Gasteiger partial charge in [0.25, 0.3) is 0 Å². The zero-order valence-corrected chi connectivity index (χ0v) is 20.7. The number of carbonyl (C=O) groups is 1. The molecule has 8 nitrogen and oxygen atoms in total. The van der Waals surface area contributed by atoms with Gasteiger partial charge in [-0.2, -0.15) is 4.31 Å². The van der Waals surface area contributed by atoms with Gasteiger partial charge in [0.15, 0.2) is 5.58 Å². The van der Waals surface area contributed by atoms with E-state index in [1.165, 1.54) is 26.6 Å². The van der Waals surface area contributed by atoms with Gasteiger partial charge in [-0.15, -0.1) is 0 Å². The van der Waals surface area contributed by atoms with E-state index >= 15 is 0 Å². The minimum Gasteiger partial charge on any atom is -0.408 e. The van der Waals surface area contributed by atoms with Crippen molar-refractivity contribution in [3.05, 3.63) is 64.6 Å². The van der Waals surface area contributed by atoms with Crippen molar-refractivity contribution in [2.45, 2.75) is 48.8 Å². The van der Waals surface area contributed by atoms with E-state index in [0.717, 1.165) is 25.7 Å². The van der Waals surface area contributed by atoms with Crippen LogP contribution in [0.15, 0.2) is 62.6 Å². The third-order valence-corrected chi connectivity index (χ3v) is 9.57. The molecule has 2 fully saturated rings. The standard InChI is InChI=1S/C26H31N3O5S/c1-28-22-12-11-21(16-23(22)34-25(28)31)35(32,33)29-15-7-8-19(17-29)24(30)27-18-26(13-5-6-14-26)20-9-3-2-4-10-20/h2-4,9-12,16,19H,5-8,13-15,17-18H2,1H3,(H,27,30)/t19-/m0/s1. The first-order chi connectivity index (χ1) is 16.8. The molecule has 186 valence electrons. The minimum atomic E-state index is -3.83. The van der Waals surface area contributed by atoms with Crippen molar-refractivity contribution in [3.8, 4) is 0 Å². The molecule has 0 spiro atoms. The van der Waals surface area contributed by atoms with E-state index in [4.69, 9.17) is 4.42 Å². The van der Waals surface area contributed by atoms with Gasteiger partial charge in [-0.25, -0.2) is 13.2 Å². The number of carbonyl (C=O) groups excluding carboxylic acids is 1. The van der Waals surface area contributed by atoms with Crippen LogP contribution in [0, 0.1) is 5.92 Å². The Morgan fingerprint density at radius 2 is 1.86 bits per heavy atom. The van der Waals surface area contributed by atoms with Crippen LogP contribution in [-0.4, -0.2) is 42.8 Å². The van der Waals surface area contributed by atoms with Gasteiger partial charge in [0.2, 0.25) is 15.9 Å². The monoisotopic (exact) mass is 497 g/mol. The number of piperidine rings is 1. The molecule has 1 aromatic heterocycles. The number of aryl methyl sites for hydroxylation is 1. The molecule has 1 saturated heterocycles. The summed E-state index contributed by atoms with van der Waals surface area (Å²) in [5.74, 6) is -1.03. The summed E-state index contributed by atoms with van der Waals surface area (Å²) in [7, 11) is -2.25. The first kappa shape index (κ1) is 23.8. The lowest BCUT2D eigenvalue weighted by atomic mass is 9.78. The number of aromatic nitrogens is 1. The van der Waals surface area contributed by atoms with Crippen molar-refractivity contribution in [2.24, 2.45) is 13.0 Å². The summed E-state index contributed by atoms with van der Waals surface area (Å²) < 4.78 is 34.6.